The van der Waals surface area contributed by atoms with E-state index in [1.54, 1.807) is 5.30 Å². The first-order valence-corrected chi connectivity index (χ1v) is 13.9. The molecule has 0 nitrogen and oxygen atoms in total. The van der Waals surface area contributed by atoms with E-state index in [1.807, 2.05) is 0 Å². The van der Waals surface area contributed by atoms with E-state index < -0.39 is 0 Å². The molecule has 2 saturated carbocycles. The molecule has 2 aliphatic rings. The number of hydrogen-bond donors (Lipinski definition) is 0. The van der Waals surface area contributed by atoms with Crippen LogP contribution in [0.5, 0.6) is 0 Å². The van der Waals surface area contributed by atoms with Gasteiger partial charge in [0.05, 0.1) is 0 Å². The molecule has 0 radical (unpaired) electrons. The average Bonchev–Trinajstić information content (AvgIpc) is 3.48. The quantitative estimate of drug-likeness (QED) is 0.255. The second kappa shape index (κ2) is 15.0. The predicted molar refractivity (Wildman–Crippen MR) is 139 cm³/mol. The molecule has 0 N–H and O–H groups in total. The number of halogens is 2. The van der Waals surface area contributed by atoms with Crippen molar-refractivity contribution >= 4 is 34.8 Å². The number of benzene rings is 2. The van der Waals surface area contributed by atoms with Gasteiger partial charge in [-0.2, -0.15) is 23.6 Å². The van der Waals surface area contributed by atoms with Crippen LogP contribution in [0.15, 0.2) is 78.9 Å². The molecule has 4 heteroatoms. The van der Waals surface area contributed by atoms with E-state index in [1.165, 1.54) is 85.8 Å². The van der Waals surface area contributed by atoms with E-state index >= 15 is 0 Å². The normalized spacial score (nSPS) is 16.7. The summed E-state index contributed by atoms with van der Waals surface area (Å²) in [7, 11) is 0.0611. The SMILES string of the molecule is [Cl-].[Cl-].[Zr+4].c1ccc2[cH-]c(P(C3CCCCC3)C3CCCCC3)cc2c1.c1ccc2[cH-]ccc2c1. The number of rotatable bonds is 3. The standard InChI is InChI=1S/C21H28P.C9H7.2ClH.Zr/c1-3-11-19(12-4-1)22(20-13-5-2-6-14-20)21-15-17-9-7-8-10-18(17)16-21;1-2-5-9-7-3-6-8(9)4-1;;;/h7-10,15-16,19-20H,1-6,11-14H2;1-7H;2*1H;/q2*-1;;;+4/p-2. The van der Waals surface area contributed by atoms with Gasteiger partial charge in [-0.25, -0.2) is 0 Å². The molecule has 0 amide bonds. The van der Waals surface area contributed by atoms with Gasteiger partial charge in [0.1, 0.15) is 0 Å². The summed E-state index contributed by atoms with van der Waals surface area (Å²) in [6.07, 6.45) is 14.9. The van der Waals surface area contributed by atoms with Crippen molar-refractivity contribution in [3.63, 3.8) is 0 Å². The van der Waals surface area contributed by atoms with Gasteiger partial charge in [-0.05, 0) is 37.0 Å². The van der Waals surface area contributed by atoms with E-state index in [4.69, 9.17) is 0 Å². The third-order valence-corrected chi connectivity index (χ3v) is 10.8. The molecule has 4 aromatic rings. The van der Waals surface area contributed by atoms with Crippen LogP contribution in [0.1, 0.15) is 64.2 Å². The molecule has 0 unspecified atom stereocenters. The van der Waals surface area contributed by atoms with Crippen molar-refractivity contribution in [2.75, 3.05) is 0 Å². The maximum absolute atomic E-state index is 2.55. The van der Waals surface area contributed by atoms with Gasteiger partial charge in [0, 0.05) is 0 Å². The molecule has 6 rings (SSSR count). The molecule has 0 heterocycles. The molecule has 0 aliphatic heterocycles. The molecule has 0 saturated heterocycles. The van der Waals surface area contributed by atoms with Crippen molar-refractivity contribution < 1.29 is 51.0 Å². The van der Waals surface area contributed by atoms with Gasteiger partial charge in [0.2, 0.25) is 0 Å². The molecule has 4 aromatic carbocycles. The van der Waals surface area contributed by atoms with Crippen molar-refractivity contribution in [1.82, 2.24) is 0 Å². The second-order valence-corrected chi connectivity index (χ2v) is 12.3. The largest absolute Gasteiger partial charge is 4.00 e. The summed E-state index contributed by atoms with van der Waals surface area (Å²) in [6, 6.07) is 28.7. The van der Waals surface area contributed by atoms with E-state index in [0.717, 1.165) is 11.3 Å². The predicted octanol–water partition coefficient (Wildman–Crippen LogP) is 2.90. The first-order chi connectivity index (χ1) is 15.4. The van der Waals surface area contributed by atoms with E-state index in [9.17, 15) is 0 Å². The van der Waals surface area contributed by atoms with Crippen LogP contribution in [0.4, 0.5) is 0 Å². The summed E-state index contributed by atoms with van der Waals surface area (Å²) in [5.41, 5.74) is 2.03. The first-order valence-electron chi connectivity index (χ1n) is 12.4. The van der Waals surface area contributed by atoms with Crippen LogP contribution in [0.3, 0.4) is 0 Å². The Labute approximate surface area is 238 Å². The fourth-order valence-corrected chi connectivity index (χ4v) is 9.65. The molecule has 2 fully saturated rings. The average molecular weight is 589 g/mol. The van der Waals surface area contributed by atoms with Gasteiger partial charge in [-0.1, -0.05) is 58.6 Å². The van der Waals surface area contributed by atoms with Gasteiger partial charge in [0.15, 0.2) is 0 Å². The summed E-state index contributed by atoms with van der Waals surface area (Å²) in [5.74, 6) is 0. The fourth-order valence-electron chi connectivity index (χ4n) is 5.79. The minimum atomic E-state index is 0. The topological polar surface area (TPSA) is 0 Å². The van der Waals surface area contributed by atoms with Crippen LogP contribution in [-0.2, 0) is 26.2 Å². The van der Waals surface area contributed by atoms with E-state index in [-0.39, 0.29) is 58.9 Å². The Morgan fingerprint density at radius 1 is 0.618 bits per heavy atom. The van der Waals surface area contributed by atoms with Crippen LogP contribution in [0.2, 0.25) is 0 Å². The van der Waals surface area contributed by atoms with Crippen LogP contribution >= 0.6 is 7.92 Å². The maximum Gasteiger partial charge on any atom is 4.00 e. The summed E-state index contributed by atoms with van der Waals surface area (Å²) in [6.45, 7) is 0. The van der Waals surface area contributed by atoms with Crippen molar-refractivity contribution in [2.24, 2.45) is 0 Å². The third kappa shape index (κ3) is 7.29. The van der Waals surface area contributed by atoms with Gasteiger partial charge in [-0.15, -0.1) is 70.0 Å². The second-order valence-electron chi connectivity index (χ2n) is 9.49. The zero-order chi connectivity index (χ0) is 20.9. The van der Waals surface area contributed by atoms with Gasteiger partial charge in [-0.3, -0.25) is 0 Å². The maximum atomic E-state index is 2.55. The van der Waals surface area contributed by atoms with E-state index in [2.05, 4.69) is 78.9 Å². The molecular weight excluding hydrogens is 553 g/mol. The molecule has 0 atom stereocenters. The zero-order valence-electron chi connectivity index (χ0n) is 19.9. The molecule has 2 aliphatic carbocycles. The van der Waals surface area contributed by atoms with Crippen LogP contribution in [0, 0.1) is 0 Å². The summed E-state index contributed by atoms with van der Waals surface area (Å²) in [4.78, 5) is 0. The van der Waals surface area contributed by atoms with Gasteiger partial charge < -0.3 is 24.8 Å². The molecule has 0 bridgehead atoms. The minimum Gasteiger partial charge on any atom is -1.00 e. The Kier molecular flexibility index (Phi) is 13.1. The Hall–Kier alpha value is -0.447. The summed E-state index contributed by atoms with van der Waals surface area (Å²) < 4.78 is 0. The molecule has 34 heavy (non-hydrogen) atoms. The fraction of sp³-hybridized carbons (Fsp3) is 0.400. The van der Waals surface area contributed by atoms with Crippen LogP contribution in [0.25, 0.3) is 21.5 Å². The zero-order valence-corrected chi connectivity index (χ0v) is 24.8. The molecule has 178 valence electrons. The minimum absolute atomic E-state index is 0. The third-order valence-electron chi connectivity index (χ3n) is 7.38. The van der Waals surface area contributed by atoms with Crippen molar-refractivity contribution in [3.8, 4) is 0 Å². The molecule has 0 aromatic heterocycles. The smallest absolute Gasteiger partial charge is 1.00 e. The van der Waals surface area contributed by atoms with E-state index in [0.29, 0.717) is 0 Å². The monoisotopic (exact) mass is 586 g/mol. The first kappa shape index (κ1) is 29.8. The van der Waals surface area contributed by atoms with Crippen LogP contribution in [-0.4, -0.2) is 11.3 Å². The Morgan fingerprint density at radius 3 is 1.71 bits per heavy atom. The van der Waals surface area contributed by atoms with Crippen molar-refractivity contribution in [2.45, 2.75) is 75.5 Å². The van der Waals surface area contributed by atoms with Crippen LogP contribution < -0.4 is 30.1 Å². The Balaban J connectivity index is 0.000000290. The molecular formula is C30H35Cl2PZr. The number of hydrogen-bond acceptors (Lipinski definition) is 0. The summed E-state index contributed by atoms with van der Waals surface area (Å²) >= 11 is 0. The number of fused-ring (bicyclic) bond motifs is 2. The Bertz CT molecular complexity index is 1010. The van der Waals surface area contributed by atoms with Crippen molar-refractivity contribution in [3.05, 3.63) is 78.9 Å². The van der Waals surface area contributed by atoms with Gasteiger partial charge in [0.25, 0.3) is 0 Å². The van der Waals surface area contributed by atoms with Gasteiger partial charge >= 0.3 is 26.2 Å². The van der Waals surface area contributed by atoms with Crippen molar-refractivity contribution in [1.29, 1.82) is 0 Å². The molecule has 0 spiro atoms. The Morgan fingerprint density at radius 2 is 1.15 bits per heavy atom. The summed E-state index contributed by atoms with van der Waals surface area (Å²) in [5, 5.41) is 7.33.